The summed E-state index contributed by atoms with van der Waals surface area (Å²) in [4.78, 5) is 4.23. The SMILES string of the molecule is CNCc1nc(C2=[C+]C=C(C)C=C2)no1.[Cl-]. The number of allylic oxidation sites excluding steroid dienone is 6. The van der Waals surface area contributed by atoms with Crippen molar-refractivity contribution in [2.24, 2.45) is 0 Å². The van der Waals surface area contributed by atoms with Gasteiger partial charge < -0.3 is 22.2 Å². The second-order valence-electron chi connectivity index (χ2n) is 3.32. The standard InChI is InChI=1S/C11H12N3O.ClH/c1-8-3-5-9(6-4-8)11-13-10(7-12-2)15-14-11;/h3-5,12H,7H2,1-2H3;1H/q+1;/p-1. The number of hydrogen-bond acceptors (Lipinski definition) is 4. The minimum absolute atomic E-state index is 0. The summed E-state index contributed by atoms with van der Waals surface area (Å²) in [6.07, 6.45) is 8.94. The summed E-state index contributed by atoms with van der Waals surface area (Å²) < 4.78 is 5.05. The van der Waals surface area contributed by atoms with Crippen LogP contribution in [0.1, 0.15) is 18.6 Å². The second-order valence-corrected chi connectivity index (χ2v) is 3.32. The van der Waals surface area contributed by atoms with Crippen LogP contribution in [0.5, 0.6) is 0 Å². The van der Waals surface area contributed by atoms with Gasteiger partial charge in [0.2, 0.25) is 0 Å². The molecule has 1 aliphatic rings. The number of nitrogens with one attached hydrogen (secondary N) is 1. The summed E-state index contributed by atoms with van der Waals surface area (Å²) in [5.74, 6) is 1.17. The molecule has 0 radical (unpaired) electrons. The lowest BCUT2D eigenvalue weighted by Crippen LogP contribution is -3.00. The molecule has 0 bridgehead atoms. The van der Waals surface area contributed by atoms with Gasteiger partial charge >= 0.3 is 0 Å². The van der Waals surface area contributed by atoms with Crippen LogP contribution < -0.4 is 17.7 Å². The lowest BCUT2D eigenvalue weighted by atomic mass is 10.1. The van der Waals surface area contributed by atoms with Crippen LogP contribution in [0.25, 0.3) is 5.57 Å². The van der Waals surface area contributed by atoms with Crippen LogP contribution in [0.15, 0.2) is 28.3 Å². The first-order valence-corrected chi connectivity index (χ1v) is 4.75. The Balaban J connectivity index is 0.00000128. The lowest BCUT2D eigenvalue weighted by Gasteiger charge is -1.89. The molecule has 0 fully saturated rings. The molecule has 1 aliphatic carbocycles. The van der Waals surface area contributed by atoms with Crippen molar-refractivity contribution in [2.45, 2.75) is 13.5 Å². The molecule has 1 heterocycles. The molecule has 0 spiro atoms. The first kappa shape index (κ1) is 12.6. The summed E-state index contributed by atoms with van der Waals surface area (Å²) in [5, 5.41) is 6.83. The van der Waals surface area contributed by atoms with E-state index in [1.54, 1.807) is 0 Å². The van der Waals surface area contributed by atoms with Crippen LogP contribution in [-0.2, 0) is 6.54 Å². The van der Waals surface area contributed by atoms with E-state index in [9.17, 15) is 0 Å². The van der Waals surface area contributed by atoms with E-state index in [1.165, 1.54) is 0 Å². The van der Waals surface area contributed by atoms with Gasteiger partial charge in [-0.05, 0) is 19.1 Å². The van der Waals surface area contributed by atoms with E-state index in [1.807, 2.05) is 32.2 Å². The highest BCUT2D eigenvalue weighted by Crippen LogP contribution is 2.17. The van der Waals surface area contributed by atoms with Crippen molar-refractivity contribution in [1.29, 1.82) is 0 Å². The zero-order valence-electron chi connectivity index (χ0n) is 9.12. The van der Waals surface area contributed by atoms with Gasteiger partial charge in [-0.2, -0.15) is 0 Å². The molecular weight excluding hydrogens is 226 g/mol. The molecule has 0 amide bonds. The molecule has 0 saturated carbocycles. The quantitative estimate of drug-likeness (QED) is 0.650. The van der Waals surface area contributed by atoms with Gasteiger partial charge in [0.1, 0.15) is 0 Å². The third kappa shape index (κ3) is 2.76. The summed E-state index contributed by atoms with van der Waals surface area (Å²) >= 11 is 0. The van der Waals surface area contributed by atoms with Crippen molar-refractivity contribution in [3.8, 4) is 0 Å². The van der Waals surface area contributed by atoms with Crippen molar-refractivity contribution in [3.63, 3.8) is 0 Å². The zero-order valence-corrected chi connectivity index (χ0v) is 9.88. The molecule has 16 heavy (non-hydrogen) atoms. The Morgan fingerprint density at radius 3 is 2.88 bits per heavy atom. The van der Waals surface area contributed by atoms with Crippen molar-refractivity contribution >= 4 is 5.57 Å². The van der Waals surface area contributed by atoms with Crippen LogP contribution >= 0.6 is 0 Å². The Morgan fingerprint density at radius 1 is 1.44 bits per heavy atom. The van der Waals surface area contributed by atoms with Crippen molar-refractivity contribution < 1.29 is 16.9 Å². The summed E-state index contributed by atoms with van der Waals surface area (Å²) in [6, 6.07) is 0. The Bertz CT molecular complexity index is 446. The predicted molar refractivity (Wildman–Crippen MR) is 56.6 cm³/mol. The molecule has 84 valence electrons. The molecule has 0 saturated heterocycles. The van der Waals surface area contributed by atoms with E-state index >= 15 is 0 Å². The number of aromatic nitrogens is 2. The molecule has 0 unspecified atom stereocenters. The van der Waals surface area contributed by atoms with Gasteiger partial charge in [0.05, 0.1) is 12.6 Å². The number of halogens is 1. The summed E-state index contributed by atoms with van der Waals surface area (Å²) in [7, 11) is 1.84. The molecule has 5 heteroatoms. The molecule has 4 nitrogen and oxygen atoms in total. The maximum atomic E-state index is 5.05. The Hall–Kier alpha value is -1.48. The van der Waals surface area contributed by atoms with Gasteiger partial charge in [-0.1, -0.05) is 0 Å². The third-order valence-corrected chi connectivity index (χ3v) is 2.01. The van der Waals surface area contributed by atoms with E-state index in [0.717, 1.165) is 11.1 Å². The Morgan fingerprint density at radius 2 is 2.25 bits per heavy atom. The summed E-state index contributed by atoms with van der Waals surface area (Å²) in [6.45, 7) is 2.60. The lowest BCUT2D eigenvalue weighted by molar-refractivity contribution is -0.00000377. The van der Waals surface area contributed by atoms with Crippen molar-refractivity contribution in [3.05, 3.63) is 41.6 Å². The average molecular weight is 238 g/mol. The van der Waals surface area contributed by atoms with E-state index in [0.29, 0.717) is 18.3 Å². The minimum atomic E-state index is 0. The molecule has 1 aromatic heterocycles. The number of nitrogens with zero attached hydrogens (tertiary/aromatic N) is 2. The maximum Gasteiger partial charge on any atom is 0.292 e. The van der Waals surface area contributed by atoms with Gasteiger partial charge in [0.15, 0.2) is 5.57 Å². The highest BCUT2D eigenvalue weighted by atomic mass is 35.5. The number of hydrogen-bond donors (Lipinski definition) is 1. The van der Waals surface area contributed by atoms with Gasteiger partial charge in [0.25, 0.3) is 11.7 Å². The minimum Gasteiger partial charge on any atom is -1.00 e. The highest BCUT2D eigenvalue weighted by Gasteiger charge is 2.17. The Labute approximate surface area is 101 Å². The van der Waals surface area contributed by atoms with Gasteiger partial charge in [0, 0.05) is 23.8 Å². The first-order chi connectivity index (χ1) is 7.29. The monoisotopic (exact) mass is 237 g/mol. The molecular formula is C11H12ClN3O. The van der Waals surface area contributed by atoms with E-state index < -0.39 is 0 Å². The fraction of sp³-hybridized carbons (Fsp3) is 0.273. The van der Waals surface area contributed by atoms with E-state index in [4.69, 9.17) is 4.52 Å². The van der Waals surface area contributed by atoms with Crippen LogP contribution in [0.4, 0.5) is 0 Å². The predicted octanol–water partition coefficient (Wildman–Crippen LogP) is -1.50. The smallest absolute Gasteiger partial charge is 0.292 e. The zero-order chi connectivity index (χ0) is 10.7. The van der Waals surface area contributed by atoms with Crippen LogP contribution in [0, 0.1) is 6.08 Å². The molecule has 0 atom stereocenters. The normalized spacial score (nSPS) is 13.6. The van der Waals surface area contributed by atoms with Crippen LogP contribution in [-0.4, -0.2) is 17.2 Å². The molecule has 0 aromatic carbocycles. The van der Waals surface area contributed by atoms with Crippen LogP contribution in [0.3, 0.4) is 0 Å². The average Bonchev–Trinajstić information content (AvgIpc) is 2.68. The fourth-order valence-electron chi connectivity index (χ4n) is 1.23. The van der Waals surface area contributed by atoms with Gasteiger partial charge in [-0.15, -0.1) is 4.98 Å². The molecule has 2 rings (SSSR count). The van der Waals surface area contributed by atoms with Crippen LogP contribution in [0.2, 0.25) is 0 Å². The Kier molecular flexibility index (Phi) is 4.38. The highest BCUT2D eigenvalue weighted by molar-refractivity contribution is 5.71. The maximum absolute atomic E-state index is 5.05. The van der Waals surface area contributed by atoms with Crippen molar-refractivity contribution in [2.75, 3.05) is 7.05 Å². The number of rotatable bonds is 3. The largest absolute Gasteiger partial charge is 1.00 e. The fourth-order valence-corrected chi connectivity index (χ4v) is 1.23. The first-order valence-electron chi connectivity index (χ1n) is 4.75. The molecule has 1 N–H and O–H groups in total. The molecule has 0 aliphatic heterocycles. The summed E-state index contributed by atoms with van der Waals surface area (Å²) in [5.41, 5.74) is 2.02. The topological polar surface area (TPSA) is 51.0 Å². The van der Waals surface area contributed by atoms with Gasteiger partial charge in [-0.3, -0.25) is 0 Å². The van der Waals surface area contributed by atoms with Crippen molar-refractivity contribution in [1.82, 2.24) is 15.5 Å². The van der Waals surface area contributed by atoms with E-state index in [-0.39, 0.29) is 12.4 Å². The molecule has 1 aromatic rings. The van der Waals surface area contributed by atoms with E-state index in [2.05, 4.69) is 21.5 Å². The third-order valence-electron chi connectivity index (χ3n) is 2.01. The van der Waals surface area contributed by atoms with Gasteiger partial charge in [-0.25, -0.2) is 0 Å². The second kappa shape index (κ2) is 5.56.